The van der Waals surface area contributed by atoms with E-state index in [0.29, 0.717) is 47.5 Å². The summed E-state index contributed by atoms with van der Waals surface area (Å²) in [7, 11) is 3.48. The molecule has 0 spiro atoms. The van der Waals surface area contributed by atoms with E-state index in [2.05, 4.69) is 31.3 Å². The van der Waals surface area contributed by atoms with Crippen molar-refractivity contribution >= 4 is 46.0 Å². The molecule has 2 aliphatic rings. The lowest BCUT2D eigenvalue weighted by atomic mass is 10.0. The average molecular weight is 738 g/mol. The van der Waals surface area contributed by atoms with E-state index in [4.69, 9.17) is 0 Å². The lowest BCUT2D eigenvalue weighted by molar-refractivity contribution is -0.135. The van der Waals surface area contributed by atoms with Crippen LogP contribution in [0.15, 0.2) is 59.5 Å². The summed E-state index contributed by atoms with van der Waals surface area (Å²) in [5.74, 6) is -1.34. The molecule has 1 aliphatic heterocycles. The van der Waals surface area contributed by atoms with Gasteiger partial charge in [-0.15, -0.1) is 0 Å². The summed E-state index contributed by atoms with van der Waals surface area (Å²) in [6, 6.07) is 13.6. The van der Waals surface area contributed by atoms with Crippen LogP contribution in [0.1, 0.15) is 90.2 Å². The molecule has 3 atom stereocenters. The van der Waals surface area contributed by atoms with Crippen molar-refractivity contribution in [2.75, 3.05) is 18.9 Å². The number of imidazole rings is 2. The molecule has 54 heavy (non-hydrogen) atoms. The molecule has 282 valence electrons. The Bertz CT molecular complexity index is 2290. The summed E-state index contributed by atoms with van der Waals surface area (Å²) in [5.41, 5.74) is 5.55. The van der Waals surface area contributed by atoms with Crippen molar-refractivity contribution in [1.82, 2.24) is 39.7 Å². The summed E-state index contributed by atoms with van der Waals surface area (Å²) in [4.78, 5) is 67.3. The number of aryl methyl sites for hydroxylation is 2. The maximum atomic E-state index is 13.4. The van der Waals surface area contributed by atoms with Crippen molar-refractivity contribution in [3.63, 3.8) is 0 Å². The number of rotatable bonds is 15. The van der Waals surface area contributed by atoms with Crippen molar-refractivity contribution in [3.8, 4) is 11.3 Å². The SMILES string of the molecule is CNc1cc(-c2ccc(C(=O)NCCCCCCCCc3cccc4c3n(C)c(=O)n4C3CCC(=O)NC3=O)cc2)nn2c(C(=O)N[C@@H]3C[C@@H]3F)cnc12. The Labute approximate surface area is 310 Å². The number of piperidine rings is 1. The minimum atomic E-state index is -1.02. The topological polar surface area (TPSA) is 174 Å². The largest absolute Gasteiger partial charge is 0.385 e. The molecule has 4 amide bonds. The van der Waals surface area contributed by atoms with Crippen molar-refractivity contribution < 1.29 is 23.6 Å². The number of imide groups is 1. The van der Waals surface area contributed by atoms with Crippen LogP contribution >= 0.6 is 0 Å². The van der Waals surface area contributed by atoms with Crippen LogP contribution in [-0.2, 0) is 23.1 Å². The number of hydrogen-bond donors (Lipinski definition) is 4. The van der Waals surface area contributed by atoms with Gasteiger partial charge in [-0.2, -0.15) is 5.10 Å². The summed E-state index contributed by atoms with van der Waals surface area (Å²) in [6.45, 7) is 0.569. The van der Waals surface area contributed by atoms with Gasteiger partial charge in [-0.3, -0.25) is 33.6 Å². The third-order valence-electron chi connectivity index (χ3n) is 10.3. The lowest BCUT2D eigenvalue weighted by Crippen LogP contribution is -2.44. The van der Waals surface area contributed by atoms with Gasteiger partial charge in [0.15, 0.2) is 11.3 Å². The molecule has 0 radical (unpaired) electrons. The molecule has 15 heteroatoms. The van der Waals surface area contributed by atoms with Crippen molar-refractivity contribution in [2.24, 2.45) is 7.05 Å². The van der Waals surface area contributed by atoms with Crippen LogP contribution in [0.5, 0.6) is 0 Å². The predicted molar refractivity (Wildman–Crippen MR) is 201 cm³/mol. The number of unbranched alkanes of at least 4 members (excludes halogenated alkanes) is 5. The molecule has 4 N–H and O–H groups in total. The van der Waals surface area contributed by atoms with E-state index in [1.807, 2.05) is 36.4 Å². The molecular weight excluding hydrogens is 693 g/mol. The molecular formula is C39H44FN9O5. The molecule has 5 aromatic rings. The third-order valence-corrected chi connectivity index (χ3v) is 10.3. The molecule has 1 aliphatic carbocycles. The third kappa shape index (κ3) is 7.48. The lowest BCUT2D eigenvalue weighted by Gasteiger charge is -2.21. The molecule has 0 bridgehead atoms. The second kappa shape index (κ2) is 15.6. The number of carbonyl (C=O) groups is 4. The Morgan fingerprint density at radius 3 is 2.44 bits per heavy atom. The minimum absolute atomic E-state index is 0.157. The van der Waals surface area contributed by atoms with E-state index in [-0.39, 0.29) is 29.6 Å². The van der Waals surface area contributed by atoms with E-state index < -0.39 is 30.1 Å². The smallest absolute Gasteiger partial charge is 0.329 e. The van der Waals surface area contributed by atoms with Crippen LogP contribution in [0.2, 0.25) is 0 Å². The van der Waals surface area contributed by atoms with E-state index in [1.165, 1.54) is 15.3 Å². The zero-order valence-corrected chi connectivity index (χ0v) is 30.4. The van der Waals surface area contributed by atoms with Crippen molar-refractivity contribution in [3.05, 3.63) is 82.0 Å². The zero-order valence-electron chi connectivity index (χ0n) is 30.4. The first-order valence-corrected chi connectivity index (χ1v) is 18.6. The van der Waals surface area contributed by atoms with Crippen molar-refractivity contribution in [1.29, 1.82) is 0 Å². The van der Waals surface area contributed by atoms with Crippen LogP contribution in [-0.4, -0.2) is 73.2 Å². The van der Waals surface area contributed by atoms with Crippen LogP contribution in [0.25, 0.3) is 27.9 Å². The number of carbonyl (C=O) groups excluding carboxylic acids is 4. The van der Waals surface area contributed by atoms with Gasteiger partial charge in [0.2, 0.25) is 11.8 Å². The normalized spacial score (nSPS) is 18.2. The molecule has 4 heterocycles. The fourth-order valence-corrected chi connectivity index (χ4v) is 7.20. The van der Waals surface area contributed by atoms with Gasteiger partial charge in [0.25, 0.3) is 11.8 Å². The first kappa shape index (κ1) is 36.5. The Morgan fingerprint density at radius 2 is 1.72 bits per heavy atom. The van der Waals surface area contributed by atoms with Gasteiger partial charge in [0.1, 0.15) is 12.2 Å². The Hall–Kier alpha value is -5.86. The van der Waals surface area contributed by atoms with Gasteiger partial charge in [-0.25, -0.2) is 18.7 Å². The number of amides is 4. The summed E-state index contributed by atoms with van der Waals surface area (Å²) in [5, 5.41) is 15.8. The monoisotopic (exact) mass is 737 g/mol. The fourth-order valence-electron chi connectivity index (χ4n) is 7.20. The molecule has 2 fully saturated rings. The molecule has 14 nitrogen and oxygen atoms in total. The second-order valence-corrected chi connectivity index (χ2v) is 14.1. The number of hydrogen-bond acceptors (Lipinski definition) is 8. The minimum Gasteiger partial charge on any atom is -0.385 e. The molecule has 2 aromatic carbocycles. The van der Waals surface area contributed by atoms with Gasteiger partial charge in [0.05, 0.1) is 34.7 Å². The highest BCUT2D eigenvalue weighted by Crippen LogP contribution is 2.28. The Morgan fingerprint density at radius 1 is 0.981 bits per heavy atom. The summed E-state index contributed by atoms with van der Waals surface area (Å²) < 4.78 is 18.0. The van der Waals surface area contributed by atoms with E-state index in [9.17, 15) is 28.4 Å². The summed E-state index contributed by atoms with van der Waals surface area (Å²) >= 11 is 0. The van der Waals surface area contributed by atoms with Gasteiger partial charge in [-0.1, -0.05) is 49.9 Å². The molecule has 7 rings (SSSR count). The number of aromatic nitrogens is 5. The maximum absolute atomic E-state index is 13.4. The molecule has 3 aromatic heterocycles. The van der Waals surface area contributed by atoms with Crippen LogP contribution in [0.3, 0.4) is 0 Å². The predicted octanol–water partition coefficient (Wildman–Crippen LogP) is 4.22. The number of halogens is 1. The average Bonchev–Trinajstić information content (AvgIpc) is 3.57. The Kier molecular flexibility index (Phi) is 10.6. The number of anilines is 1. The number of para-hydroxylation sites is 1. The van der Waals surface area contributed by atoms with E-state index in [1.54, 1.807) is 30.8 Å². The van der Waals surface area contributed by atoms with Crippen LogP contribution in [0.4, 0.5) is 10.1 Å². The highest BCUT2D eigenvalue weighted by Gasteiger charge is 2.39. The summed E-state index contributed by atoms with van der Waals surface area (Å²) in [6.07, 6.45) is 7.99. The number of nitrogens with one attached hydrogen (secondary N) is 4. The van der Waals surface area contributed by atoms with Gasteiger partial charge in [-0.05, 0) is 55.5 Å². The molecule has 1 saturated carbocycles. The Balaban J connectivity index is 0.855. The molecule has 1 unspecified atom stereocenters. The maximum Gasteiger partial charge on any atom is 0.329 e. The number of benzene rings is 2. The number of nitrogens with zero attached hydrogens (tertiary/aromatic N) is 5. The highest BCUT2D eigenvalue weighted by atomic mass is 19.1. The van der Waals surface area contributed by atoms with E-state index >= 15 is 0 Å². The number of alkyl halides is 1. The van der Waals surface area contributed by atoms with Gasteiger partial charge < -0.3 is 16.0 Å². The van der Waals surface area contributed by atoms with Crippen LogP contribution in [0, 0.1) is 0 Å². The second-order valence-electron chi connectivity index (χ2n) is 14.1. The van der Waals surface area contributed by atoms with Gasteiger partial charge in [0, 0.05) is 44.6 Å². The van der Waals surface area contributed by atoms with Crippen molar-refractivity contribution in [2.45, 2.75) is 82.5 Å². The first-order chi connectivity index (χ1) is 26.1. The van der Waals surface area contributed by atoms with E-state index in [0.717, 1.165) is 61.6 Å². The van der Waals surface area contributed by atoms with Crippen LogP contribution < -0.4 is 27.0 Å². The first-order valence-electron chi connectivity index (χ1n) is 18.6. The molecule has 1 saturated heterocycles. The zero-order chi connectivity index (χ0) is 37.9. The highest BCUT2D eigenvalue weighted by molar-refractivity contribution is 6.00. The standard InChI is InChI=1S/C39H44FN9O5/c1-41-29-21-27(46-49-32(22-43-35(29)49)38(53)44-28-20-26(28)40)23-13-15-25(16-14-23)36(51)42-19-8-6-4-3-5-7-10-24-11-9-12-30-34(24)47(2)39(54)48(30)31-17-18-33(50)45-37(31)52/h9,11-16,21-22,26,28,31,41H,3-8,10,17-20H2,1-2H3,(H,42,51)(H,44,53)(H,45,50,52)/t26-,28+,31?/m0/s1. The fraction of sp³-hybridized carbons (Fsp3) is 0.410. The van der Waals surface area contributed by atoms with Gasteiger partial charge >= 0.3 is 5.69 Å². The number of fused-ring (bicyclic) bond motifs is 2. The quantitative estimate of drug-likeness (QED) is 0.0913.